The van der Waals surface area contributed by atoms with Crippen molar-refractivity contribution >= 4 is 11.6 Å². The third kappa shape index (κ3) is 3.33. The maximum absolute atomic E-state index is 6.07. The highest BCUT2D eigenvalue weighted by molar-refractivity contribution is 6.30. The molecule has 5 nitrogen and oxygen atoms in total. The van der Waals surface area contributed by atoms with Gasteiger partial charge in [-0.1, -0.05) is 25.4 Å². The van der Waals surface area contributed by atoms with E-state index in [2.05, 4.69) is 33.9 Å². The Bertz CT molecular complexity index is 709. The van der Waals surface area contributed by atoms with Crippen LogP contribution in [0.2, 0.25) is 5.02 Å². The molecule has 1 saturated carbocycles. The quantitative estimate of drug-likeness (QED) is 0.899. The van der Waals surface area contributed by atoms with Gasteiger partial charge in [-0.25, -0.2) is 4.98 Å². The Morgan fingerprint density at radius 2 is 2.12 bits per heavy atom. The van der Waals surface area contributed by atoms with Crippen molar-refractivity contribution in [3.63, 3.8) is 0 Å². The number of likely N-dealkylation sites (tertiary alicyclic amines) is 1. The van der Waals surface area contributed by atoms with Gasteiger partial charge in [-0.2, -0.15) is 5.10 Å². The Kier molecular flexibility index (Phi) is 4.31. The lowest BCUT2D eigenvalue weighted by Crippen LogP contribution is -2.20. The molecular formula is C18H24ClN5. The minimum Gasteiger partial charge on any atom is -0.298 e. The smallest absolute Gasteiger partial charge is 0.153 e. The monoisotopic (exact) mass is 345 g/mol. The van der Waals surface area contributed by atoms with Crippen molar-refractivity contribution in [1.82, 2.24) is 25.1 Å². The number of nitrogens with one attached hydrogen (secondary N) is 1. The van der Waals surface area contributed by atoms with Gasteiger partial charge in [-0.3, -0.25) is 15.0 Å². The van der Waals surface area contributed by atoms with E-state index in [1.54, 1.807) is 6.20 Å². The van der Waals surface area contributed by atoms with Crippen LogP contribution in [0.4, 0.5) is 0 Å². The van der Waals surface area contributed by atoms with Gasteiger partial charge in [0.05, 0.1) is 5.02 Å². The molecule has 4 rings (SSSR count). The van der Waals surface area contributed by atoms with Crippen molar-refractivity contribution in [2.75, 3.05) is 13.1 Å². The fourth-order valence-corrected chi connectivity index (χ4v) is 4.04. The lowest BCUT2D eigenvalue weighted by atomic mass is 9.91. The van der Waals surface area contributed by atoms with Gasteiger partial charge in [0, 0.05) is 43.9 Å². The molecule has 6 heteroatoms. The van der Waals surface area contributed by atoms with Gasteiger partial charge in [0.15, 0.2) is 5.82 Å². The molecule has 1 N–H and O–H groups in total. The molecule has 0 radical (unpaired) electrons. The Morgan fingerprint density at radius 1 is 1.29 bits per heavy atom. The molecule has 0 amide bonds. The minimum atomic E-state index is 0.365. The number of rotatable bonds is 5. The van der Waals surface area contributed by atoms with Crippen LogP contribution in [-0.2, 0) is 6.54 Å². The fourth-order valence-electron chi connectivity index (χ4n) is 3.85. The highest BCUT2D eigenvalue weighted by Crippen LogP contribution is 2.47. The topological polar surface area (TPSA) is 57.7 Å². The van der Waals surface area contributed by atoms with Crippen molar-refractivity contribution in [1.29, 1.82) is 0 Å². The van der Waals surface area contributed by atoms with Gasteiger partial charge in [0.25, 0.3) is 0 Å². The number of nitrogens with zero attached hydrogens (tertiary/aromatic N) is 4. The van der Waals surface area contributed by atoms with Crippen LogP contribution in [-0.4, -0.2) is 38.2 Å². The van der Waals surface area contributed by atoms with Crippen LogP contribution in [0.1, 0.15) is 55.7 Å². The van der Waals surface area contributed by atoms with E-state index in [1.807, 2.05) is 12.3 Å². The van der Waals surface area contributed by atoms with E-state index < -0.39 is 0 Å². The lowest BCUT2D eigenvalue weighted by molar-refractivity contribution is 0.309. The zero-order valence-corrected chi connectivity index (χ0v) is 15.0. The van der Waals surface area contributed by atoms with E-state index in [0.29, 0.717) is 22.8 Å². The summed E-state index contributed by atoms with van der Waals surface area (Å²) in [5, 5.41) is 8.33. The molecule has 2 atom stereocenters. The molecule has 0 aromatic carbocycles. The lowest BCUT2D eigenvalue weighted by Gasteiger charge is -2.15. The van der Waals surface area contributed by atoms with Crippen LogP contribution in [0.3, 0.4) is 0 Å². The highest BCUT2D eigenvalue weighted by Gasteiger charge is 2.44. The van der Waals surface area contributed by atoms with Crippen LogP contribution < -0.4 is 0 Å². The first-order valence-corrected chi connectivity index (χ1v) is 9.22. The number of aromatic amines is 1. The van der Waals surface area contributed by atoms with Crippen molar-refractivity contribution in [3.8, 4) is 0 Å². The molecule has 2 aliphatic rings. The standard InChI is InChI=1S/C18H24ClN5/c1-11(2)17-21-18(23-22-17)16-10-24(9-15(16)13-3-4-13)8-12-5-14(19)7-20-6-12/h5-7,11,13,15-16H,3-4,8-10H2,1-2H3,(H,21,22,23)/t15-,16+/m0/s1. The average Bonchev–Trinajstić information content (AvgIpc) is 3.11. The average molecular weight is 346 g/mol. The first kappa shape index (κ1) is 16.0. The molecule has 2 fully saturated rings. The molecular weight excluding hydrogens is 322 g/mol. The van der Waals surface area contributed by atoms with E-state index in [0.717, 1.165) is 37.2 Å². The molecule has 24 heavy (non-hydrogen) atoms. The zero-order valence-electron chi connectivity index (χ0n) is 14.2. The largest absolute Gasteiger partial charge is 0.298 e. The van der Waals surface area contributed by atoms with E-state index in [4.69, 9.17) is 16.6 Å². The van der Waals surface area contributed by atoms with Gasteiger partial charge >= 0.3 is 0 Å². The first-order valence-electron chi connectivity index (χ1n) is 8.84. The van der Waals surface area contributed by atoms with Crippen LogP contribution in [0, 0.1) is 11.8 Å². The molecule has 128 valence electrons. The van der Waals surface area contributed by atoms with Gasteiger partial charge in [0.2, 0.25) is 0 Å². The molecule has 2 aromatic heterocycles. The first-order chi connectivity index (χ1) is 11.6. The summed E-state index contributed by atoms with van der Waals surface area (Å²) in [7, 11) is 0. The van der Waals surface area contributed by atoms with Crippen molar-refractivity contribution in [3.05, 3.63) is 40.7 Å². The molecule has 1 saturated heterocycles. The fraction of sp³-hybridized carbons (Fsp3) is 0.611. The second-order valence-corrected chi connectivity index (χ2v) is 7.98. The molecule has 0 spiro atoms. The summed E-state index contributed by atoms with van der Waals surface area (Å²) < 4.78 is 0. The van der Waals surface area contributed by atoms with Gasteiger partial charge in [-0.05, 0) is 36.3 Å². The summed E-state index contributed by atoms with van der Waals surface area (Å²) >= 11 is 6.07. The number of pyridine rings is 1. The predicted molar refractivity (Wildman–Crippen MR) is 94.0 cm³/mol. The van der Waals surface area contributed by atoms with Gasteiger partial charge in [-0.15, -0.1) is 0 Å². The number of hydrogen-bond donors (Lipinski definition) is 1. The van der Waals surface area contributed by atoms with E-state index >= 15 is 0 Å². The van der Waals surface area contributed by atoms with Crippen LogP contribution in [0.5, 0.6) is 0 Å². The third-order valence-electron chi connectivity index (χ3n) is 5.22. The summed E-state index contributed by atoms with van der Waals surface area (Å²) in [6.07, 6.45) is 6.32. The Hall–Kier alpha value is -1.46. The molecule has 1 aliphatic heterocycles. The number of halogens is 1. The molecule has 3 heterocycles. The molecule has 0 unspecified atom stereocenters. The molecule has 2 aromatic rings. The number of H-pyrrole nitrogens is 1. The summed E-state index contributed by atoms with van der Waals surface area (Å²) in [5.74, 6) is 4.36. The second-order valence-electron chi connectivity index (χ2n) is 7.55. The van der Waals surface area contributed by atoms with Gasteiger partial charge in [0.1, 0.15) is 5.82 Å². The Balaban J connectivity index is 1.51. The summed E-state index contributed by atoms with van der Waals surface area (Å²) in [4.78, 5) is 11.5. The highest BCUT2D eigenvalue weighted by atomic mass is 35.5. The van der Waals surface area contributed by atoms with E-state index in [9.17, 15) is 0 Å². The maximum Gasteiger partial charge on any atom is 0.153 e. The summed E-state index contributed by atoms with van der Waals surface area (Å²) in [6.45, 7) is 7.33. The van der Waals surface area contributed by atoms with Crippen LogP contribution >= 0.6 is 11.6 Å². The van der Waals surface area contributed by atoms with Crippen molar-refractivity contribution < 1.29 is 0 Å². The Labute approximate surface area is 147 Å². The normalized spacial score (nSPS) is 24.8. The second kappa shape index (κ2) is 6.45. The van der Waals surface area contributed by atoms with Crippen molar-refractivity contribution in [2.24, 2.45) is 11.8 Å². The van der Waals surface area contributed by atoms with E-state index in [1.165, 1.54) is 18.4 Å². The maximum atomic E-state index is 6.07. The van der Waals surface area contributed by atoms with Crippen LogP contribution in [0.15, 0.2) is 18.5 Å². The predicted octanol–water partition coefficient (Wildman–Crippen LogP) is 3.60. The SMILES string of the molecule is CC(C)c1n[nH]c([C@@H]2CN(Cc3cncc(Cl)c3)C[C@H]2C2CC2)n1. The minimum absolute atomic E-state index is 0.365. The summed E-state index contributed by atoms with van der Waals surface area (Å²) in [6, 6.07) is 2.01. The van der Waals surface area contributed by atoms with Gasteiger partial charge < -0.3 is 0 Å². The zero-order chi connectivity index (χ0) is 16.7. The molecule has 1 aliphatic carbocycles. The summed E-state index contributed by atoms with van der Waals surface area (Å²) in [5.41, 5.74) is 1.18. The Morgan fingerprint density at radius 3 is 2.79 bits per heavy atom. The number of hydrogen-bond acceptors (Lipinski definition) is 4. The van der Waals surface area contributed by atoms with Crippen molar-refractivity contribution in [2.45, 2.75) is 45.1 Å². The van der Waals surface area contributed by atoms with E-state index in [-0.39, 0.29) is 0 Å². The third-order valence-corrected chi connectivity index (χ3v) is 5.43. The van der Waals surface area contributed by atoms with Crippen LogP contribution in [0.25, 0.3) is 0 Å². The molecule has 0 bridgehead atoms. The number of aromatic nitrogens is 4.